The van der Waals surface area contributed by atoms with Crippen LogP contribution in [-0.4, -0.2) is 9.55 Å². The summed E-state index contributed by atoms with van der Waals surface area (Å²) in [6, 6.07) is 7.67. The molecule has 0 saturated carbocycles. The van der Waals surface area contributed by atoms with Crippen molar-refractivity contribution in [1.82, 2.24) is 9.55 Å². The van der Waals surface area contributed by atoms with Crippen molar-refractivity contribution in [3.05, 3.63) is 40.3 Å². The SMILES string of the molecule is CCc1nc2ccccc2n(C)c1=O. The van der Waals surface area contributed by atoms with Crippen LogP contribution in [0.2, 0.25) is 0 Å². The van der Waals surface area contributed by atoms with Gasteiger partial charge in [0.15, 0.2) is 0 Å². The van der Waals surface area contributed by atoms with E-state index in [0.717, 1.165) is 11.0 Å². The van der Waals surface area contributed by atoms with Crippen LogP contribution >= 0.6 is 0 Å². The third-order valence-electron chi connectivity index (χ3n) is 2.38. The Morgan fingerprint density at radius 2 is 2.07 bits per heavy atom. The van der Waals surface area contributed by atoms with Gasteiger partial charge < -0.3 is 4.57 Å². The van der Waals surface area contributed by atoms with E-state index in [1.807, 2.05) is 31.2 Å². The lowest BCUT2D eigenvalue weighted by Crippen LogP contribution is -2.22. The van der Waals surface area contributed by atoms with Crippen LogP contribution in [0.1, 0.15) is 12.6 Å². The summed E-state index contributed by atoms with van der Waals surface area (Å²) in [6.45, 7) is 1.94. The summed E-state index contributed by atoms with van der Waals surface area (Å²) < 4.78 is 1.65. The summed E-state index contributed by atoms with van der Waals surface area (Å²) in [7, 11) is 1.78. The van der Waals surface area contributed by atoms with E-state index in [1.165, 1.54) is 0 Å². The molecule has 0 aliphatic carbocycles. The minimum atomic E-state index is 0.00574. The van der Waals surface area contributed by atoms with Gasteiger partial charge in [-0.3, -0.25) is 4.79 Å². The monoisotopic (exact) mass is 188 g/mol. The van der Waals surface area contributed by atoms with E-state index in [2.05, 4.69) is 4.98 Å². The van der Waals surface area contributed by atoms with Crippen LogP contribution in [0, 0.1) is 0 Å². The molecule has 3 nitrogen and oxygen atoms in total. The van der Waals surface area contributed by atoms with Gasteiger partial charge in [-0.05, 0) is 18.6 Å². The summed E-state index contributed by atoms with van der Waals surface area (Å²) >= 11 is 0. The second-order valence-corrected chi connectivity index (χ2v) is 3.26. The minimum Gasteiger partial charge on any atom is -0.308 e. The lowest BCUT2D eigenvalue weighted by Gasteiger charge is -2.05. The van der Waals surface area contributed by atoms with E-state index in [9.17, 15) is 4.79 Å². The van der Waals surface area contributed by atoms with Crippen LogP contribution in [0.25, 0.3) is 11.0 Å². The number of rotatable bonds is 1. The van der Waals surface area contributed by atoms with Gasteiger partial charge in [0.05, 0.1) is 11.0 Å². The zero-order valence-corrected chi connectivity index (χ0v) is 8.32. The second kappa shape index (κ2) is 3.25. The molecule has 0 unspecified atom stereocenters. The molecule has 72 valence electrons. The van der Waals surface area contributed by atoms with Crippen LogP contribution in [0.15, 0.2) is 29.1 Å². The van der Waals surface area contributed by atoms with E-state index >= 15 is 0 Å². The molecule has 1 aromatic carbocycles. The van der Waals surface area contributed by atoms with Crippen molar-refractivity contribution in [1.29, 1.82) is 0 Å². The van der Waals surface area contributed by atoms with E-state index in [1.54, 1.807) is 11.6 Å². The van der Waals surface area contributed by atoms with Gasteiger partial charge >= 0.3 is 0 Å². The highest BCUT2D eigenvalue weighted by atomic mass is 16.1. The van der Waals surface area contributed by atoms with Crippen molar-refractivity contribution in [3.8, 4) is 0 Å². The van der Waals surface area contributed by atoms with Gasteiger partial charge in [-0.2, -0.15) is 0 Å². The first-order valence-corrected chi connectivity index (χ1v) is 4.68. The number of hydrogen-bond acceptors (Lipinski definition) is 2. The average Bonchev–Trinajstić information content (AvgIpc) is 2.23. The average molecular weight is 188 g/mol. The van der Waals surface area contributed by atoms with E-state index in [-0.39, 0.29) is 5.56 Å². The molecular weight excluding hydrogens is 176 g/mol. The van der Waals surface area contributed by atoms with Gasteiger partial charge in [-0.25, -0.2) is 4.98 Å². The molecule has 0 aliphatic rings. The smallest absolute Gasteiger partial charge is 0.272 e. The lowest BCUT2D eigenvalue weighted by atomic mass is 10.2. The van der Waals surface area contributed by atoms with Crippen LogP contribution in [0.4, 0.5) is 0 Å². The van der Waals surface area contributed by atoms with E-state index < -0.39 is 0 Å². The van der Waals surface area contributed by atoms with Crippen LogP contribution in [0.3, 0.4) is 0 Å². The molecule has 0 spiro atoms. The fraction of sp³-hybridized carbons (Fsp3) is 0.273. The maximum atomic E-state index is 11.7. The molecular formula is C11H12N2O. The van der Waals surface area contributed by atoms with Crippen molar-refractivity contribution < 1.29 is 0 Å². The molecule has 0 atom stereocenters. The van der Waals surface area contributed by atoms with Crippen LogP contribution in [0.5, 0.6) is 0 Å². The first kappa shape index (κ1) is 8.94. The summed E-state index contributed by atoms with van der Waals surface area (Å²) in [5.74, 6) is 0. The highest BCUT2D eigenvalue weighted by molar-refractivity contribution is 5.74. The normalized spacial score (nSPS) is 10.7. The first-order chi connectivity index (χ1) is 6.74. The summed E-state index contributed by atoms with van der Waals surface area (Å²) in [4.78, 5) is 16.0. The fourth-order valence-electron chi connectivity index (χ4n) is 1.57. The molecule has 2 rings (SSSR count). The Kier molecular flexibility index (Phi) is 2.08. The standard InChI is InChI=1S/C11H12N2O/c1-3-8-11(14)13(2)10-7-5-4-6-9(10)12-8/h4-7H,3H2,1-2H3. The number of fused-ring (bicyclic) bond motifs is 1. The molecule has 0 saturated heterocycles. The molecule has 0 N–H and O–H groups in total. The predicted octanol–water partition coefficient (Wildman–Crippen LogP) is 1.50. The third kappa shape index (κ3) is 1.21. The molecule has 0 bridgehead atoms. The first-order valence-electron chi connectivity index (χ1n) is 4.68. The Morgan fingerprint density at radius 1 is 1.36 bits per heavy atom. The maximum absolute atomic E-state index is 11.7. The van der Waals surface area contributed by atoms with Gasteiger partial charge in [-0.15, -0.1) is 0 Å². The number of benzene rings is 1. The molecule has 0 aliphatic heterocycles. The number of aryl methyl sites for hydroxylation is 2. The highest BCUT2D eigenvalue weighted by Crippen LogP contribution is 2.08. The minimum absolute atomic E-state index is 0.00574. The zero-order chi connectivity index (χ0) is 10.1. The Bertz CT molecular complexity index is 528. The van der Waals surface area contributed by atoms with Crippen LogP contribution in [-0.2, 0) is 13.5 Å². The topological polar surface area (TPSA) is 34.9 Å². The van der Waals surface area contributed by atoms with Gasteiger partial charge in [0.25, 0.3) is 5.56 Å². The van der Waals surface area contributed by atoms with Gasteiger partial charge in [-0.1, -0.05) is 19.1 Å². The molecule has 3 heteroatoms. The van der Waals surface area contributed by atoms with Gasteiger partial charge in [0.1, 0.15) is 5.69 Å². The zero-order valence-electron chi connectivity index (χ0n) is 8.32. The summed E-state index contributed by atoms with van der Waals surface area (Å²) in [5.41, 5.74) is 2.40. The quantitative estimate of drug-likeness (QED) is 0.679. The number of aromatic nitrogens is 2. The lowest BCUT2D eigenvalue weighted by molar-refractivity contribution is 0.848. The molecule has 0 amide bonds. The summed E-state index contributed by atoms with van der Waals surface area (Å²) in [6.07, 6.45) is 0.678. The van der Waals surface area contributed by atoms with Crippen molar-refractivity contribution in [2.24, 2.45) is 7.05 Å². The maximum Gasteiger partial charge on any atom is 0.272 e. The van der Waals surface area contributed by atoms with Crippen molar-refractivity contribution in [2.75, 3.05) is 0 Å². The third-order valence-corrected chi connectivity index (χ3v) is 2.38. The van der Waals surface area contributed by atoms with Gasteiger partial charge in [0, 0.05) is 7.05 Å². The molecule has 0 radical (unpaired) electrons. The van der Waals surface area contributed by atoms with Crippen molar-refractivity contribution in [2.45, 2.75) is 13.3 Å². The van der Waals surface area contributed by atoms with Crippen molar-refractivity contribution in [3.63, 3.8) is 0 Å². The van der Waals surface area contributed by atoms with Crippen LogP contribution < -0.4 is 5.56 Å². The van der Waals surface area contributed by atoms with Gasteiger partial charge in [0.2, 0.25) is 0 Å². The van der Waals surface area contributed by atoms with E-state index in [4.69, 9.17) is 0 Å². The molecule has 1 aromatic heterocycles. The number of hydrogen-bond donors (Lipinski definition) is 0. The highest BCUT2D eigenvalue weighted by Gasteiger charge is 2.05. The molecule has 1 heterocycles. The second-order valence-electron chi connectivity index (χ2n) is 3.26. The fourth-order valence-corrected chi connectivity index (χ4v) is 1.57. The molecule has 14 heavy (non-hydrogen) atoms. The number of para-hydroxylation sites is 2. The summed E-state index contributed by atoms with van der Waals surface area (Å²) in [5, 5.41) is 0. The Labute approximate surface area is 82.0 Å². The largest absolute Gasteiger partial charge is 0.308 e. The Hall–Kier alpha value is -1.64. The van der Waals surface area contributed by atoms with E-state index in [0.29, 0.717) is 12.1 Å². The Morgan fingerprint density at radius 3 is 2.79 bits per heavy atom. The predicted molar refractivity (Wildman–Crippen MR) is 56.4 cm³/mol. The number of nitrogens with zero attached hydrogens (tertiary/aromatic N) is 2. The van der Waals surface area contributed by atoms with Crippen molar-refractivity contribution >= 4 is 11.0 Å². The molecule has 0 fully saturated rings. The Balaban J connectivity index is 2.92. The molecule has 2 aromatic rings.